The number of ketones is 1. The first-order chi connectivity index (χ1) is 15.4. The van der Waals surface area contributed by atoms with Crippen LogP contribution in [0.5, 0.6) is 17.2 Å². The van der Waals surface area contributed by atoms with Gasteiger partial charge < -0.3 is 14.6 Å². The molecule has 1 atom stereocenters. The van der Waals surface area contributed by atoms with Gasteiger partial charge in [-0.25, -0.2) is 0 Å². The summed E-state index contributed by atoms with van der Waals surface area (Å²) in [6.07, 6.45) is 1.83. The van der Waals surface area contributed by atoms with Crippen LogP contribution in [0.15, 0.2) is 66.4 Å². The predicted octanol–water partition coefficient (Wildman–Crippen LogP) is 5.57. The maximum atomic E-state index is 13.1. The number of carbonyl (C=O) groups excluding carboxylic acids is 2. The van der Waals surface area contributed by atoms with E-state index in [1.54, 1.807) is 36.4 Å². The fraction of sp³-hybridized carbons (Fsp3) is 0.185. The quantitative estimate of drug-likeness (QED) is 0.337. The van der Waals surface area contributed by atoms with Gasteiger partial charge in [-0.1, -0.05) is 50.2 Å². The lowest BCUT2D eigenvalue weighted by atomic mass is 9.84. The van der Waals surface area contributed by atoms with Crippen molar-refractivity contribution in [2.45, 2.75) is 32.1 Å². The third kappa shape index (κ3) is 3.46. The summed E-state index contributed by atoms with van der Waals surface area (Å²) in [7, 11) is 0. The molecule has 3 aromatic carbocycles. The maximum Gasteiger partial charge on any atom is 0.312 e. The number of phenols is 1. The molecule has 0 aliphatic carbocycles. The molecule has 0 spiro atoms. The lowest BCUT2D eigenvalue weighted by Gasteiger charge is -2.26. The lowest BCUT2D eigenvalue weighted by molar-refractivity contribution is -0.135. The zero-order valence-corrected chi connectivity index (χ0v) is 17.8. The molecule has 0 bridgehead atoms. The molecule has 2 aliphatic heterocycles. The second-order valence-electron chi connectivity index (χ2n) is 8.44. The van der Waals surface area contributed by atoms with Gasteiger partial charge >= 0.3 is 5.97 Å². The van der Waals surface area contributed by atoms with E-state index in [2.05, 4.69) is 13.8 Å². The summed E-state index contributed by atoms with van der Waals surface area (Å²) in [6.45, 7) is 4.26. The van der Waals surface area contributed by atoms with Crippen LogP contribution in [-0.4, -0.2) is 16.9 Å². The van der Waals surface area contributed by atoms with E-state index in [-0.39, 0.29) is 35.6 Å². The van der Waals surface area contributed by atoms with Crippen molar-refractivity contribution in [3.05, 3.63) is 94.2 Å². The van der Waals surface area contributed by atoms with Crippen LogP contribution in [0.1, 0.15) is 64.7 Å². The number of benzene rings is 3. The summed E-state index contributed by atoms with van der Waals surface area (Å²) in [5.41, 5.74) is 3.94. The number of carbonyl (C=O) groups is 2. The number of Topliss-reactive ketones (excluding diaryl/α,β-unsaturated/α-hetero) is 1. The summed E-state index contributed by atoms with van der Waals surface area (Å²) in [5.74, 6) is 0.607. The van der Waals surface area contributed by atoms with Gasteiger partial charge in [0.25, 0.3) is 0 Å². The molecular formula is C27H22O5. The number of aromatic hydroxyl groups is 1. The highest BCUT2D eigenvalue weighted by Crippen LogP contribution is 2.49. The average Bonchev–Trinajstić information content (AvgIpc) is 3.08. The minimum absolute atomic E-state index is 0.0974. The molecule has 0 aromatic heterocycles. The predicted molar refractivity (Wildman–Crippen MR) is 120 cm³/mol. The van der Waals surface area contributed by atoms with Crippen molar-refractivity contribution in [1.29, 1.82) is 0 Å². The molecule has 5 nitrogen and oxygen atoms in total. The minimum atomic E-state index is -0.384. The summed E-state index contributed by atoms with van der Waals surface area (Å²) in [5, 5.41) is 9.94. The topological polar surface area (TPSA) is 72.8 Å². The number of phenolic OH excluding ortho intramolecular Hbond substituents is 1. The lowest BCUT2D eigenvalue weighted by Crippen LogP contribution is -2.21. The zero-order chi connectivity index (χ0) is 22.4. The van der Waals surface area contributed by atoms with Gasteiger partial charge in [-0.15, -0.1) is 0 Å². The molecule has 1 unspecified atom stereocenters. The number of fused-ring (bicyclic) bond motifs is 3. The van der Waals surface area contributed by atoms with E-state index in [4.69, 9.17) is 9.47 Å². The van der Waals surface area contributed by atoms with E-state index in [0.717, 1.165) is 11.1 Å². The Morgan fingerprint density at radius 1 is 1.00 bits per heavy atom. The molecule has 5 heteroatoms. The molecule has 0 saturated heterocycles. The fourth-order valence-corrected chi connectivity index (χ4v) is 4.26. The molecule has 0 fully saturated rings. The summed E-state index contributed by atoms with van der Waals surface area (Å²) in [6, 6.07) is 18.1. The van der Waals surface area contributed by atoms with Crippen LogP contribution in [0, 0.1) is 0 Å². The third-order valence-corrected chi connectivity index (χ3v) is 5.95. The smallest absolute Gasteiger partial charge is 0.312 e. The van der Waals surface area contributed by atoms with Crippen LogP contribution >= 0.6 is 0 Å². The third-order valence-electron chi connectivity index (χ3n) is 5.95. The van der Waals surface area contributed by atoms with Gasteiger partial charge in [0, 0.05) is 11.5 Å². The second-order valence-corrected chi connectivity index (χ2v) is 8.44. The minimum Gasteiger partial charge on any atom is -0.508 e. The number of hydrogen-bond acceptors (Lipinski definition) is 5. The van der Waals surface area contributed by atoms with Gasteiger partial charge in [-0.2, -0.15) is 0 Å². The Hall–Kier alpha value is -3.86. The molecule has 160 valence electrons. The van der Waals surface area contributed by atoms with Crippen molar-refractivity contribution >= 4 is 17.8 Å². The van der Waals surface area contributed by atoms with E-state index in [9.17, 15) is 14.7 Å². The van der Waals surface area contributed by atoms with Gasteiger partial charge in [-0.3, -0.25) is 9.59 Å². The van der Waals surface area contributed by atoms with Crippen LogP contribution in [0.4, 0.5) is 0 Å². The first-order valence-electron chi connectivity index (χ1n) is 10.6. The van der Waals surface area contributed by atoms with Crippen LogP contribution in [0.25, 0.3) is 6.08 Å². The molecule has 2 heterocycles. The highest BCUT2D eigenvalue weighted by Gasteiger charge is 2.38. The van der Waals surface area contributed by atoms with Crippen LogP contribution < -0.4 is 9.47 Å². The van der Waals surface area contributed by atoms with Gasteiger partial charge in [0.05, 0.1) is 12.0 Å². The Balaban J connectivity index is 1.56. The Bertz CT molecular complexity index is 1270. The molecule has 0 amide bonds. The average molecular weight is 426 g/mol. The van der Waals surface area contributed by atoms with E-state index in [1.165, 1.54) is 5.56 Å². The Morgan fingerprint density at radius 3 is 2.50 bits per heavy atom. The first kappa shape index (κ1) is 20.1. The Morgan fingerprint density at radius 2 is 1.78 bits per heavy atom. The molecule has 3 aromatic rings. The van der Waals surface area contributed by atoms with Crippen molar-refractivity contribution in [1.82, 2.24) is 0 Å². The highest BCUT2D eigenvalue weighted by molar-refractivity contribution is 6.15. The summed E-state index contributed by atoms with van der Waals surface area (Å²) >= 11 is 0. The van der Waals surface area contributed by atoms with Crippen molar-refractivity contribution in [3.63, 3.8) is 0 Å². The normalized spacial score (nSPS) is 18.3. The largest absolute Gasteiger partial charge is 0.508 e. The fourth-order valence-electron chi connectivity index (χ4n) is 4.26. The van der Waals surface area contributed by atoms with E-state index < -0.39 is 0 Å². The second kappa shape index (κ2) is 7.68. The molecule has 5 rings (SSSR count). The van der Waals surface area contributed by atoms with E-state index in [1.807, 2.05) is 30.3 Å². The standard InChI is InChI=1S/C27H22O5/c1-15(2)17-8-6-16(7-9-17)12-23-26(30)20-10-11-22-25(27(20)32-23)21(14-24(29)31-22)18-4-3-5-19(28)13-18/h3-13,15,21,28H,14H2,1-2H3. The number of ether oxygens (including phenoxy) is 2. The van der Waals surface area contributed by atoms with E-state index >= 15 is 0 Å². The van der Waals surface area contributed by atoms with Crippen molar-refractivity contribution in [3.8, 4) is 17.2 Å². The van der Waals surface area contributed by atoms with Gasteiger partial charge in [0.15, 0.2) is 5.76 Å². The number of esters is 1. The molecule has 0 radical (unpaired) electrons. The first-order valence-corrected chi connectivity index (χ1v) is 10.6. The Labute approximate surface area is 185 Å². The van der Waals surface area contributed by atoms with Crippen molar-refractivity contribution in [2.24, 2.45) is 0 Å². The van der Waals surface area contributed by atoms with Gasteiger partial charge in [-0.05, 0) is 52.9 Å². The van der Waals surface area contributed by atoms with Crippen molar-refractivity contribution in [2.75, 3.05) is 0 Å². The van der Waals surface area contributed by atoms with Gasteiger partial charge in [0.1, 0.15) is 17.2 Å². The van der Waals surface area contributed by atoms with Crippen molar-refractivity contribution < 1.29 is 24.2 Å². The monoisotopic (exact) mass is 426 g/mol. The molecule has 2 aliphatic rings. The highest BCUT2D eigenvalue weighted by atomic mass is 16.5. The summed E-state index contributed by atoms with van der Waals surface area (Å²) < 4.78 is 11.5. The van der Waals surface area contributed by atoms with Crippen LogP contribution in [0.2, 0.25) is 0 Å². The van der Waals surface area contributed by atoms with Gasteiger partial charge in [0.2, 0.25) is 5.78 Å². The molecule has 32 heavy (non-hydrogen) atoms. The van der Waals surface area contributed by atoms with E-state index in [0.29, 0.717) is 28.5 Å². The molecular weight excluding hydrogens is 404 g/mol. The van der Waals surface area contributed by atoms with Crippen LogP contribution in [0.3, 0.4) is 0 Å². The number of allylic oxidation sites excluding steroid dienone is 1. The maximum absolute atomic E-state index is 13.1. The zero-order valence-electron chi connectivity index (χ0n) is 17.8. The molecule has 0 saturated carbocycles. The Kier molecular flexibility index (Phi) is 4.82. The van der Waals surface area contributed by atoms with Crippen LogP contribution in [-0.2, 0) is 4.79 Å². The molecule has 1 N–H and O–H groups in total. The number of rotatable bonds is 3. The number of hydrogen-bond donors (Lipinski definition) is 1. The summed E-state index contributed by atoms with van der Waals surface area (Å²) in [4.78, 5) is 25.3. The SMILES string of the molecule is CC(C)c1ccc(C=C2Oc3c(ccc4c3C(c3cccc(O)c3)CC(=O)O4)C2=O)cc1.